The first-order valence-electron chi connectivity index (χ1n) is 7.83. The summed E-state index contributed by atoms with van der Waals surface area (Å²) in [6, 6.07) is 7.02. The Bertz CT molecular complexity index is 688. The van der Waals surface area contributed by atoms with Gasteiger partial charge < -0.3 is 10.6 Å². The van der Waals surface area contributed by atoms with Crippen LogP contribution in [0.4, 0.5) is 4.39 Å². The van der Waals surface area contributed by atoms with E-state index in [0.717, 1.165) is 35.7 Å². The zero-order valence-corrected chi connectivity index (χ0v) is 13.8. The summed E-state index contributed by atoms with van der Waals surface area (Å²) in [6.07, 6.45) is 2.18. The number of nitrogens with one attached hydrogen (secondary N) is 2. The standard InChI is InChI=1S/C17H20FN3OS/c1-11-7-14(5-6-19-11)20-16(22)9-15-10-23-17(21-15)12-3-2-4-13(18)8-12/h2-4,8,10-11,14,19H,5-7,9H2,1H3,(H,20,22). The first-order valence-corrected chi connectivity index (χ1v) is 8.71. The molecule has 122 valence electrons. The van der Waals surface area contributed by atoms with Gasteiger partial charge in [0, 0.05) is 23.0 Å². The van der Waals surface area contributed by atoms with E-state index in [4.69, 9.17) is 0 Å². The van der Waals surface area contributed by atoms with Crippen molar-refractivity contribution in [1.29, 1.82) is 0 Å². The largest absolute Gasteiger partial charge is 0.353 e. The van der Waals surface area contributed by atoms with Gasteiger partial charge in [-0.15, -0.1) is 11.3 Å². The predicted molar refractivity (Wildman–Crippen MR) is 89.8 cm³/mol. The summed E-state index contributed by atoms with van der Waals surface area (Å²) in [4.78, 5) is 16.6. The minimum Gasteiger partial charge on any atom is -0.353 e. The van der Waals surface area contributed by atoms with Crippen LogP contribution in [0.25, 0.3) is 10.6 Å². The van der Waals surface area contributed by atoms with Gasteiger partial charge >= 0.3 is 0 Å². The minimum atomic E-state index is -0.281. The Kier molecular flexibility index (Phi) is 5.03. The Morgan fingerprint density at radius 1 is 1.52 bits per heavy atom. The number of amides is 1. The monoisotopic (exact) mass is 333 g/mol. The van der Waals surface area contributed by atoms with E-state index in [-0.39, 0.29) is 24.2 Å². The quantitative estimate of drug-likeness (QED) is 0.905. The molecule has 2 heterocycles. The van der Waals surface area contributed by atoms with E-state index in [1.807, 2.05) is 11.4 Å². The first kappa shape index (κ1) is 16.1. The van der Waals surface area contributed by atoms with E-state index in [9.17, 15) is 9.18 Å². The first-order chi connectivity index (χ1) is 11.1. The molecule has 2 atom stereocenters. The Morgan fingerprint density at radius 3 is 3.17 bits per heavy atom. The molecule has 1 aromatic heterocycles. The molecule has 1 fully saturated rings. The molecule has 2 unspecified atom stereocenters. The molecule has 4 nitrogen and oxygen atoms in total. The van der Waals surface area contributed by atoms with Gasteiger partial charge in [-0.1, -0.05) is 12.1 Å². The van der Waals surface area contributed by atoms with Crippen molar-refractivity contribution in [3.8, 4) is 10.6 Å². The molecule has 6 heteroatoms. The smallest absolute Gasteiger partial charge is 0.226 e. The van der Waals surface area contributed by atoms with Crippen LogP contribution in [-0.2, 0) is 11.2 Å². The molecule has 0 aliphatic carbocycles. The second-order valence-corrected chi connectivity index (χ2v) is 6.83. The third-order valence-electron chi connectivity index (χ3n) is 3.95. The van der Waals surface area contributed by atoms with Gasteiger partial charge in [0.2, 0.25) is 5.91 Å². The molecule has 1 aliphatic heterocycles. The predicted octanol–water partition coefficient (Wildman–Crippen LogP) is 2.75. The van der Waals surface area contributed by atoms with Crippen LogP contribution in [0.15, 0.2) is 29.6 Å². The lowest BCUT2D eigenvalue weighted by Gasteiger charge is -2.28. The van der Waals surface area contributed by atoms with Gasteiger partial charge in [0.1, 0.15) is 10.8 Å². The maximum atomic E-state index is 13.3. The van der Waals surface area contributed by atoms with Crippen LogP contribution in [0.2, 0.25) is 0 Å². The molecular formula is C17H20FN3OS. The molecule has 3 rings (SSSR count). The number of halogens is 1. The molecular weight excluding hydrogens is 313 g/mol. The summed E-state index contributed by atoms with van der Waals surface area (Å²) in [5, 5.41) is 9.05. The molecule has 2 N–H and O–H groups in total. The topological polar surface area (TPSA) is 54.0 Å². The fourth-order valence-corrected chi connectivity index (χ4v) is 3.67. The van der Waals surface area contributed by atoms with Gasteiger partial charge in [-0.05, 0) is 38.4 Å². The maximum Gasteiger partial charge on any atom is 0.226 e. The molecule has 1 aliphatic rings. The maximum absolute atomic E-state index is 13.3. The SMILES string of the molecule is CC1CC(NC(=O)Cc2csc(-c3cccc(F)c3)n2)CCN1. The van der Waals surface area contributed by atoms with Crippen molar-refractivity contribution in [2.75, 3.05) is 6.54 Å². The summed E-state index contributed by atoms with van der Waals surface area (Å²) >= 11 is 1.43. The molecule has 0 saturated carbocycles. The highest BCUT2D eigenvalue weighted by Gasteiger charge is 2.20. The van der Waals surface area contributed by atoms with E-state index >= 15 is 0 Å². The number of rotatable bonds is 4. The number of hydrogen-bond acceptors (Lipinski definition) is 4. The fourth-order valence-electron chi connectivity index (χ4n) is 2.85. The lowest BCUT2D eigenvalue weighted by atomic mass is 10.0. The van der Waals surface area contributed by atoms with E-state index in [1.165, 1.54) is 23.5 Å². The molecule has 0 bridgehead atoms. The Labute approximate surface area is 139 Å². The summed E-state index contributed by atoms with van der Waals surface area (Å²) in [5.41, 5.74) is 1.47. The average molecular weight is 333 g/mol. The van der Waals surface area contributed by atoms with Crippen molar-refractivity contribution in [2.45, 2.75) is 38.3 Å². The zero-order valence-electron chi connectivity index (χ0n) is 13.0. The molecule has 23 heavy (non-hydrogen) atoms. The van der Waals surface area contributed by atoms with Crippen LogP contribution >= 0.6 is 11.3 Å². The summed E-state index contributed by atoms with van der Waals surface area (Å²) in [5.74, 6) is -0.280. The second kappa shape index (κ2) is 7.19. The highest BCUT2D eigenvalue weighted by molar-refractivity contribution is 7.13. The third-order valence-corrected chi connectivity index (χ3v) is 4.89. The van der Waals surface area contributed by atoms with Crippen molar-refractivity contribution in [2.24, 2.45) is 0 Å². The van der Waals surface area contributed by atoms with Gasteiger partial charge in [0.25, 0.3) is 0 Å². The van der Waals surface area contributed by atoms with Crippen LogP contribution in [0.1, 0.15) is 25.5 Å². The number of carbonyl (C=O) groups is 1. The van der Waals surface area contributed by atoms with Crippen molar-refractivity contribution in [1.82, 2.24) is 15.6 Å². The van der Waals surface area contributed by atoms with Crippen molar-refractivity contribution in [3.63, 3.8) is 0 Å². The van der Waals surface area contributed by atoms with Crippen LogP contribution in [0, 0.1) is 5.82 Å². The summed E-state index contributed by atoms with van der Waals surface area (Å²) < 4.78 is 13.3. The third kappa shape index (κ3) is 4.36. The van der Waals surface area contributed by atoms with E-state index < -0.39 is 0 Å². The summed E-state index contributed by atoms with van der Waals surface area (Å²) in [7, 11) is 0. The molecule has 1 aromatic carbocycles. The molecule has 1 saturated heterocycles. The Balaban J connectivity index is 1.59. The summed E-state index contributed by atoms with van der Waals surface area (Å²) in [6.45, 7) is 3.07. The molecule has 2 aromatic rings. The van der Waals surface area contributed by atoms with Gasteiger partial charge in [0.05, 0.1) is 12.1 Å². The van der Waals surface area contributed by atoms with E-state index in [0.29, 0.717) is 6.04 Å². The van der Waals surface area contributed by atoms with Crippen LogP contribution in [0.5, 0.6) is 0 Å². The Hall–Kier alpha value is -1.79. The van der Waals surface area contributed by atoms with Crippen LogP contribution in [0.3, 0.4) is 0 Å². The molecule has 1 amide bonds. The number of benzene rings is 1. The normalized spacial score (nSPS) is 21.1. The average Bonchev–Trinajstić information content (AvgIpc) is 2.95. The van der Waals surface area contributed by atoms with Crippen molar-refractivity contribution in [3.05, 3.63) is 41.2 Å². The molecule has 0 spiro atoms. The van der Waals surface area contributed by atoms with E-state index in [1.54, 1.807) is 6.07 Å². The van der Waals surface area contributed by atoms with Crippen molar-refractivity contribution >= 4 is 17.2 Å². The lowest BCUT2D eigenvalue weighted by Crippen LogP contribution is -2.46. The van der Waals surface area contributed by atoms with Gasteiger partial charge in [-0.3, -0.25) is 4.79 Å². The number of thiazole rings is 1. The van der Waals surface area contributed by atoms with Crippen LogP contribution < -0.4 is 10.6 Å². The number of piperidine rings is 1. The van der Waals surface area contributed by atoms with Gasteiger partial charge in [-0.2, -0.15) is 0 Å². The highest BCUT2D eigenvalue weighted by atomic mass is 32.1. The minimum absolute atomic E-state index is 0.000178. The molecule has 0 radical (unpaired) electrons. The highest BCUT2D eigenvalue weighted by Crippen LogP contribution is 2.24. The number of hydrogen-bond donors (Lipinski definition) is 2. The van der Waals surface area contributed by atoms with Crippen molar-refractivity contribution < 1.29 is 9.18 Å². The lowest BCUT2D eigenvalue weighted by molar-refractivity contribution is -0.121. The van der Waals surface area contributed by atoms with Gasteiger partial charge in [0.15, 0.2) is 0 Å². The number of aromatic nitrogens is 1. The van der Waals surface area contributed by atoms with Crippen LogP contribution in [-0.4, -0.2) is 29.5 Å². The zero-order chi connectivity index (χ0) is 16.2. The second-order valence-electron chi connectivity index (χ2n) is 5.98. The van der Waals surface area contributed by atoms with E-state index in [2.05, 4.69) is 22.5 Å². The Morgan fingerprint density at radius 2 is 2.39 bits per heavy atom. The number of nitrogens with zero attached hydrogens (tertiary/aromatic N) is 1. The number of carbonyl (C=O) groups excluding carboxylic acids is 1. The van der Waals surface area contributed by atoms with Gasteiger partial charge in [-0.25, -0.2) is 9.37 Å². The fraction of sp³-hybridized carbons (Fsp3) is 0.412.